The van der Waals surface area contributed by atoms with Gasteiger partial charge in [-0.15, -0.1) is 5.73 Å². The van der Waals surface area contributed by atoms with Crippen molar-refractivity contribution in [3.63, 3.8) is 0 Å². The van der Waals surface area contributed by atoms with Crippen LogP contribution in [0.1, 0.15) is 67.4 Å². The van der Waals surface area contributed by atoms with Crippen molar-refractivity contribution in [1.82, 2.24) is 0 Å². The average molecular weight is 407 g/mol. The van der Waals surface area contributed by atoms with Crippen LogP contribution in [0.3, 0.4) is 0 Å². The maximum Gasteiger partial charge on any atom is 0.0899 e. The molecule has 3 rings (SSSR count). The molecule has 0 saturated heterocycles. The fraction of sp³-hybridized carbons (Fsp3) is 0.233. The van der Waals surface area contributed by atoms with Crippen molar-refractivity contribution in [3.05, 3.63) is 125 Å². The molecule has 0 amide bonds. The van der Waals surface area contributed by atoms with Crippen molar-refractivity contribution in [3.8, 4) is 11.8 Å². The van der Waals surface area contributed by atoms with Crippen LogP contribution in [0.5, 0.6) is 0 Å². The Hall–Kier alpha value is -3.30. The van der Waals surface area contributed by atoms with Crippen molar-refractivity contribution in [2.75, 3.05) is 0 Å². The van der Waals surface area contributed by atoms with E-state index in [1.165, 1.54) is 5.57 Å². The zero-order chi connectivity index (χ0) is 21.9. The molecule has 0 unspecified atom stereocenters. The maximum atomic E-state index is 11.2. The highest BCUT2D eigenvalue weighted by Crippen LogP contribution is 2.32. The molecular weight excluding hydrogens is 376 g/mol. The molecule has 0 bridgehead atoms. The van der Waals surface area contributed by atoms with E-state index in [0.29, 0.717) is 0 Å². The Morgan fingerprint density at radius 2 is 1.35 bits per heavy atom. The summed E-state index contributed by atoms with van der Waals surface area (Å²) in [6, 6.07) is 28.0. The van der Waals surface area contributed by atoms with Crippen LogP contribution in [-0.2, 0) is 0 Å². The summed E-state index contributed by atoms with van der Waals surface area (Å²) in [5, 5.41) is 11.2. The van der Waals surface area contributed by atoms with Gasteiger partial charge in [-0.1, -0.05) is 92.8 Å². The lowest BCUT2D eigenvalue weighted by atomic mass is 9.88. The molecule has 0 aromatic heterocycles. The van der Waals surface area contributed by atoms with E-state index < -0.39 is 6.10 Å². The Morgan fingerprint density at radius 1 is 0.774 bits per heavy atom. The van der Waals surface area contributed by atoms with Crippen LogP contribution in [0.4, 0.5) is 0 Å². The van der Waals surface area contributed by atoms with Gasteiger partial charge in [0, 0.05) is 17.0 Å². The maximum absolute atomic E-state index is 11.2. The Labute approximate surface area is 186 Å². The second-order valence-electron chi connectivity index (χ2n) is 7.64. The summed E-state index contributed by atoms with van der Waals surface area (Å²) in [6.07, 6.45) is 4.52. The van der Waals surface area contributed by atoms with E-state index in [2.05, 4.69) is 43.6 Å². The number of benzene rings is 3. The number of aliphatic hydroxyl groups excluding tert-OH is 1. The third-order valence-corrected chi connectivity index (χ3v) is 5.35. The van der Waals surface area contributed by atoms with Gasteiger partial charge in [-0.05, 0) is 59.9 Å². The minimum Gasteiger partial charge on any atom is -0.387 e. The van der Waals surface area contributed by atoms with Crippen molar-refractivity contribution in [2.24, 2.45) is 0 Å². The zero-order valence-electron chi connectivity index (χ0n) is 18.4. The SMILES string of the molecule is CCCC(=C=C[C@@H](c1ccccc1)[C@@H](O)c1ccc(C#Cc2ccccc2)cc1)CC. The lowest BCUT2D eigenvalue weighted by Gasteiger charge is -2.20. The summed E-state index contributed by atoms with van der Waals surface area (Å²) < 4.78 is 0. The molecule has 0 aliphatic carbocycles. The van der Waals surface area contributed by atoms with Crippen molar-refractivity contribution in [1.29, 1.82) is 0 Å². The summed E-state index contributed by atoms with van der Waals surface area (Å²) in [7, 11) is 0. The number of aliphatic hydroxyl groups is 1. The predicted octanol–water partition coefficient (Wildman–Crippen LogP) is 7.20. The van der Waals surface area contributed by atoms with Crippen LogP contribution in [0.2, 0.25) is 0 Å². The van der Waals surface area contributed by atoms with Gasteiger partial charge in [0.05, 0.1) is 6.10 Å². The van der Waals surface area contributed by atoms with Gasteiger partial charge in [0.1, 0.15) is 0 Å². The molecule has 0 heterocycles. The second-order valence-corrected chi connectivity index (χ2v) is 7.64. The van der Waals surface area contributed by atoms with E-state index in [-0.39, 0.29) is 5.92 Å². The Balaban J connectivity index is 1.86. The molecule has 1 N–H and O–H groups in total. The van der Waals surface area contributed by atoms with Crippen molar-refractivity contribution in [2.45, 2.75) is 45.1 Å². The first-order valence-corrected chi connectivity index (χ1v) is 11.1. The van der Waals surface area contributed by atoms with E-state index in [4.69, 9.17) is 0 Å². The number of hydrogen-bond donors (Lipinski definition) is 1. The Kier molecular flexibility index (Phi) is 8.50. The van der Waals surface area contributed by atoms with Gasteiger partial charge in [-0.2, -0.15) is 0 Å². The monoisotopic (exact) mass is 406 g/mol. The molecule has 3 aromatic rings. The van der Waals surface area contributed by atoms with E-state index in [1.807, 2.05) is 78.9 Å². The Morgan fingerprint density at radius 3 is 1.94 bits per heavy atom. The van der Waals surface area contributed by atoms with Gasteiger partial charge < -0.3 is 5.11 Å². The highest BCUT2D eigenvalue weighted by atomic mass is 16.3. The molecule has 0 saturated carbocycles. The quantitative estimate of drug-likeness (QED) is 0.325. The molecule has 2 atom stereocenters. The van der Waals surface area contributed by atoms with Crippen LogP contribution in [0, 0.1) is 11.8 Å². The van der Waals surface area contributed by atoms with Gasteiger partial charge in [-0.25, -0.2) is 0 Å². The van der Waals surface area contributed by atoms with Crippen molar-refractivity contribution >= 4 is 0 Å². The van der Waals surface area contributed by atoms with E-state index in [9.17, 15) is 5.11 Å². The van der Waals surface area contributed by atoms with E-state index >= 15 is 0 Å². The average Bonchev–Trinajstić information content (AvgIpc) is 2.83. The smallest absolute Gasteiger partial charge is 0.0899 e. The van der Waals surface area contributed by atoms with Crippen LogP contribution in [-0.4, -0.2) is 5.11 Å². The fourth-order valence-electron chi connectivity index (χ4n) is 3.54. The van der Waals surface area contributed by atoms with Crippen molar-refractivity contribution < 1.29 is 5.11 Å². The molecular formula is C30H30O. The molecule has 0 spiro atoms. The summed E-state index contributed by atoms with van der Waals surface area (Å²) in [6.45, 7) is 4.35. The lowest BCUT2D eigenvalue weighted by molar-refractivity contribution is 0.162. The molecule has 1 nitrogen and oxygen atoms in total. The highest BCUT2D eigenvalue weighted by Gasteiger charge is 2.20. The largest absolute Gasteiger partial charge is 0.387 e. The van der Waals surface area contributed by atoms with E-state index in [0.717, 1.165) is 41.5 Å². The lowest BCUT2D eigenvalue weighted by Crippen LogP contribution is -2.09. The first-order chi connectivity index (χ1) is 15.2. The molecule has 31 heavy (non-hydrogen) atoms. The molecule has 0 aliphatic rings. The van der Waals surface area contributed by atoms with Crippen LogP contribution < -0.4 is 0 Å². The molecule has 0 radical (unpaired) electrons. The first kappa shape index (κ1) is 22.4. The van der Waals surface area contributed by atoms with Gasteiger partial charge >= 0.3 is 0 Å². The zero-order valence-corrected chi connectivity index (χ0v) is 18.4. The van der Waals surface area contributed by atoms with Crippen LogP contribution >= 0.6 is 0 Å². The van der Waals surface area contributed by atoms with Gasteiger partial charge in [0.15, 0.2) is 0 Å². The summed E-state index contributed by atoms with van der Waals surface area (Å²) in [5.41, 5.74) is 8.66. The Bertz CT molecular complexity index is 1060. The third kappa shape index (κ3) is 6.59. The van der Waals surface area contributed by atoms with E-state index in [1.54, 1.807) is 0 Å². The second kappa shape index (κ2) is 11.8. The van der Waals surface area contributed by atoms with Gasteiger partial charge in [-0.3, -0.25) is 0 Å². The third-order valence-electron chi connectivity index (χ3n) is 5.35. The molecule has 0 fully saturated rings. The minimum absolute atomic E-state index is 0.152. The minimum atomic E-state index is -0.647. The molecule has 1 heteroatoms. The topological polar surface area (TPSA) is 20.2 Å². The molecule has 0 aliphatic heterocycles. The summed E-state index contributed by atoms with van der Waals surface area (Å²) in [4.78, 5) is 0. The van der Waals surface area contributed by atoms with Gasteiger partial charge in [0.25, 0.3) is 0 Å². The summed E-state index contributed by atoms with van der Waals surface area (Å²) >= 11 is 0. The normalized spacial score (nSPS) is 12.1. The standard InChI is InChI=1S/C30H30O/c1-3-11-24(4-2)20-23-29(27-14-9-6-10-15-27)30(31)28-21-18-26(19-22-28)17-16-25-12-7-5-8-13-25/h5-10,12-15,18-19,21-23,29-31H,3-4,11H2,1-2H3/t20?,29-,30-/m0/s1. The van der Waals surface area contributed by atoms with Crippen LogP contribution in [0.25, 0.3) is 0 Å². The predicted molar refractivity (Wildman–Crippen MR) is 130 cm³/mol. The number of rotatable bonds is 7. The van der Waals surface area contributed by atoms with Gasteiger partial charge in [0.2, 0.25) is 0 Å². The fourth-order valence-corrected chi connectivity index (χ4v) is 3.54. The highest BCUT2D eigenvalue weighted by molar-refractivity contribution is 5.44. The van der Waals surface area contributed by atoms with Crippen LogP contribution in [0.15, 0.2) is 102 Å². The molecule has 3 aromatic carbocycles. The first-order valence-electron chi connectivity index (χ1n) is 11.1. The summed E-state index contributed by atoms with van der Waals surface area (Å²) in [5.74, 6) is 6.22. The molecule has 156 valence electrons. The number of hydrogen-bond acceptors (Lipinski definition) is 1.